The number of benzene rings is 1. The van der Waals surface area contributed by atoms with Gasteiger partial charge in [-0.1, -0.05) is 6.92 Å². The number of halogens is 1. The standard InChI is InChI=1S/C16H19FN4O/c1-11-8-20(10-15(11)16(18)22)9-14-6-7-19-21(14)13-4-2-12(17)3-5-13/h2-7,11,15H,8-10H2,1H3,(H2,18,22)/t11-,15-/m1/s1. The van der Waals surface area contributed by atoms with Crippen molar-refractivity contribution in [1.29, 1.82) is 0 Å². The number of nitrogens with zero attached hydrogens (tertiary/aromatic N) is 3. The first-order valence-corrected chi connectivity index (χ1v) is 7.35. The highest BCUT2D eigenvalue weighted by molar-refractivity contribution is 5.77. The van der Waals surface area contributed by atoms with Crippen LogP contribution in [0.25, 0.3) is 5.69 Å². The minimum atomic E-state index is -0.268. The number of primary amides is 1. The number of hydrogen-bond donors (Lipinski definition) is 1. The number of carbonyl (C=O) groups is 1. The molecule has 2 N–H and O–H groups in total. The van der Waals surface area contributed by atoms with Crippen molar-refractivity contribution in [2.75, 3.05) is 13.1 Å². The van der Waals surface area contributed by atoms with E-state index in [-0.39, 0.29) is 23.6 Å². The summed E-state index contributed by atoms with van der Waals surface area (Å²) in [5, 5.41) is 4.31. The highest BCUT2D eigenvalue weighted by Gasteiger charge is 2.33. The van der Waals surface area contributed by atoms with Crippen LogP contribution in [0.15, 0.2) is 36.5 Å². The molecule has 1 aliphatic heterocycles. The predicted octanol–water partition coefficient (Wildman–Crippen LogP) is 1.56. The third-order valence-electron chi connectivity index (χ3n) is 4.23. The van der Waals surface area contributed by atoms with Gasteiger partial charge in [0.2, 0.25) is 5.91 Å². The van der Waals surface area contributed by atoms with E-state index >= 15 is 0 Å². The number of hydrogen-bond acceptors (Lipinski definition) is 3. The Morgan fingerprint density at radius 2 is 2.05 bits per heavy atom. The molecular weight excluding hydrogens is 283 g/mol. The van der Waals surface area contributed by atoms with E-state index in [9.17, 15) is 9.18 Å². The van der Waals surface area contributed by atoms with Gasteiger partial charge in [-0.3, -0.25) is 9.69 Å². The molecule has 0 aliphatic carbocycles. The summed E-state index contributed by atoms with van der Waals surface area (Å²) in [6.45, 7) is 4.24. The summed E-state index contributed by atoms with van der Waals surface area (Å²) in [5.74, 6) is -0.334. The molecule has 0 radical (unpaired) electrons. The smallest absolute Gasteiger partial charge is 0.222 e. The van der Waals surface area contributed by atoms with Crippen molar-refractivity contribution in [3.63, 3.8) is 0 Å². The minimum Gasteiger partial charge on any atom is -0.369 e. The van der Waals surface area contributed by atoms with Crippen LogP contribution in [-0.4, -0.2) is 33.7 Å². The lowest BCUT2D eigenvalue weighted by Crippen LogP contribution is -2.29. The van der Waals surface area contributed by atoms with Crippen LogP contribution in [-0.2, 0) is 11.3 Å². The number of amides is 1. The molecule has 1 aromatic heterocycles. The monoisotopic (exact) mass is 302 g/mol. The molecule has 6 heteroatoms. The zero-order valence-corrected chi connectivity index (χ0v) is 12.4. The molecule has 1 amide bonds. The molecule has 0 saturated carbocycles. The molecule has 22 heavy (non-hydrogen) atoms. The van der Waals surface area contributed by atoms with Crippen molar-refractivity contribution in [2.45, 2.75) is 13.5 Å². The molecule has 0 unspecified atom stereocenters. The van der Waals surface area contributed by atoms with Gasteiger partial charge in [-0.25, -0.2) is 9.07 Å². The molecule has 1 saturated heterocycles. The van der Waals surface area contributed by atoms with Gasteiger partial charge in [0.1, 0.15) is 5.82 Å². The Hall–Kier alpha value is -2.21. The highest BCUT2D eigenvalue weighted by atomic mass is 19.1. The lowest BCUT2D eigenvalue weighted by atomic mass is 9.98. The maximum Gasteiger partial charge on any atom is 0.222 e. The number of rotatable bonds is 4. The molecule has 5 nitrogen and oxygen atoms in total. The maximum atomic E-state index is 13.0. The fourth-order valence-corrected chi connectivity index (χ4v) is 3.06. The number of aromatic nitrogens is 2. The van der Waals surface area contributed by atoms with E-state index in [1.165, 1.54) is 12.1 Å². The molecular formula is C16H19FN4O. The summed E-state index contributed by atoms with van der Waals surface area (Å²) in [7, 11) is 0. The second-order valence-corrected chi connectivity index (χ2v) is 5.89. The summed E-state index contributed by atoms with van der Waals surface area (Å²) in [5.41, 5.74) is 7.26. The molecule has 2 atom stereocenters. The molecule has 1 aromatic carbocycles. The first kappa shape index (κ1) is 14.7. The summed E-state index contributed by atoms with van der Waals surface area (Å²) in [4.78, 5) is 13.6. The SMILES string of the molecule is C[C@@H]1CN(Cc2ccnn2-c2ccc(F)cc2)C[C@H]1C(N)=O. The van der Waals surface area contributed by atoms with Crippen LogP contribution in [0, 0.1) is 17.7 Å². The molecule has 3 rings (SSSR count). The molecule has 1 aliphatic rings. The average Bonchev–Trinajstić information content (AvgIpc) is 3.07. The molecule has 2 heterocycles. The van der Waals surface area contributed by atoms with Crippen LogP contribution < -0.4 is 5.73 Å². The van der Waals surface area contributed by atoms with Crippen LogP contribution >= 0.6 is 0 Å². The average molecular weight is 302 g/mol. The third-order valence-corrected chi connectivity index (χ3v) is 4.23. The summed E-state index contributed by atoms with van der Waals surface area (Å²) >= 11 is 0. The van der Waals surface area contributed by atoms with E-state index in [1.54, 1.807) is 23.0 Å². The first-order chi connectivity index (χ1) is 10.5. The highest BCUT2D eigenvalue weighted by Crippen LogP contribution is 2.24. The van der Waals surface area contributed by atoms with E-state index in [0.717, 1.165) is 17.9 Å². The van der Waals surface area contributed by atoms with Gasteiger partial charge in [-0.05, 0) is 36.2 Å². The third kappa shape index (κ3) is 2.87. The molecule has 2 aromatic rings. The second-order valence-electron chi connectivity index (χ2n) is 5.89. The fourth-order valence-electron chi connectivity index (χ4n) is 3.06. The first-order valence-electron chi connectivity index (χ1n) is 7.35. The lowest BCUT2D eigenvalue weighted by Gasteiger charge is -2.16. The normalized spacial score (nSPS) is 22.1. The molecule has 116 valence electrons. The molecule has 1 fully saturated rings. The number of likely N-dealkylation sites (tertiary alicyclic amines) is 1. The minimum absolute atomic E-state index is 0.0952. The Bertz CT molecular complexity index is 667. The van der Waals surface area contributed by atoms with Gasteiger partial charge >= 0.3 is 0 Å². The van der Waals surface area contributed by atoms with Gasteiger partial charge in [0.05, 0.1) is 17.3 Å². The maximum absolute atomic E-state index is 13.0. The Kier molecular flexibility index (Phi) is 3.94. The Morgan fingerprint density at radius 1 is 1.32 bits per heavy atom. The van der Waals surface area contributed by atoms with Gasteiger partial charge in [-0.15, -0.1) is 0 Å². The molecule has 0 bridgehead atoms. The van der Waals surface area contributed by atoms with Gasteiger partial charge in [-0.2, -0.15) is 5.10 Å². The van der Waals surface area contributed by atoms with E-state index in [1.807, 2.05) is 13.0 Å². The van der Waals surface area contributed by atoms with Crippen LogP contribution in [0.2, 0.25) is 0 Å². The van der Waals surface area contributed by atoms with Crippen LogP contribution in [0.4, 0.5) is 4.39 Å². The zero-order valence-electron chi connectivity index (χ0n) is 12.4. The van der Waals surface area contributed by atoms with E-state index in [0.29, 0.717) is 13.1 Å². The van der Waals surface area contributed by atoms with Gasteiger partial charge in [0.15, 0.2) is 0 Å². The van der Waals surface area contributed by atoms with Crippen molar-refractivity contribution < 1.29 is 9.18 Å². The Balaban J connectivity index is 1.76. The zero-order chi connectivity index (χ0) is 15.7. The fraction of sp³-hybridized carbons (Fsp3) is 0.375. The van der Waals surface area contributed by atoms with E-state index < -0.39 is 0 Å². The Labute approximate surface area is 128 Å². The van der Waals surface area contributed by atoms with Gasteiger partial charge in [0.25, 0.3) is 0 Å². The Morgan fingerprint density at radius 3 is 2.68 bits per heavy atom. The number of carbonyl (C=O) groups excluding carboxylic acids is 1. The van der Waals surface area contributed by atoms with E-state index in [4.69, 9.17) is 5.73 Å². The van der Waals surface area contributed by atoms with Crippen LogP contribution in [0.5, 0.6) is 0 Å². The summed E-state index contributed by atoms with van der Waals surface area (Å²) in [6.07, 6.45) is 1.73. The second kappa shape index (κ2) is 5.88. The van der Waals surface area contributed by atoms with Crippen molar-refractivity contribution >= 4 is 5.91 Å². The largest absolute Gasteiger partial charge is 0.369 e. The summed E-state index contributed by atoms with van der Waals surface area (Å²) < 4.78 is 14.8. The predicted molar refractivity (Wildman–Crippen MR) is 80.6 cm³/mol. The van der Waals surface area contributed by atoms with Gasteiger partial charge in [0, 0.05) is 25.8 Å². The van der Waals surface area contributed by atoms with Crippen molar-refractivity contribution in [1.82, 2.24) is 14.7 Å². The van der Waals surface area contributed by atoms with Crippen molar-refractivity contribution in [2.24, 2.45) is 17.6 Å². The molecule has 0 spiro atoms. The van der Waals surface area contributed by atoms with Crippen molar-refractivity contribution in [3.05, 3.63) is 48.0 Å². The van der Waals surface area contributed by atoms with Gasteiger partial charge < -0.3 is 5.73 Å². The van der Waals surface area contributed by atoms with Crippen molar-refractivity contribution in [3.8, 4) is 5.69 Å². The quantitative estimate of drug-likeness (QED) is 0.932. The van der Waals surface area contributed by atoms with Crippen LogP contribution in [0.1, 0.15) is 12.6 Å². The number of nitrogens with two attached hydrogens (primary N) is 1. The topological polar surface area (TPSA) is 64.2 Å². The van der Waals surface area contributed by atoms with E-state index in [2.05, 4.69) is 10.00 Å². The lowest BCUT2D eigenvalue weighted by molar-refractivity contribution is -0.122. The van der Waals surface area contributed by atoms with Crippen LogP contribution in [0.3, 0.4) is 0 Å². The summed E-state index contributed by atoms with van der Waals surface area (Å²) in [6, 6.07) is 8.17.